The number of thiophene rings is 2. The second-order valence-electron chi connectivity index (χ2n) is 12.0. The van der Waals surface area contributed by atoms with Crippen molar-refractivity contribution in [3.63, 3.8) is 0 Å². The van der Waals surface area contributed by atoms with Crippen LogP contribution < -0.4 is 122 Å². The van der Waals surface area contributed by atoms with Gasteiger partial charge in [0.15, 0.2) is 17.6 Å². The van der Waals surface area contributed by atoms with Crippen molar-refractivity contribution < 1.29 is 138 Å². The first-order chi connectivity index (χ1) is 29.5. The zero-order chi connectivity index (χ0) is 42.4. The van der Waals surface area contributed by atoms with Crippen LogP contribution in [0.25, 0.3) is 10.4 Å². The molecule has 0 unspecified atom stereocenters. The van der Waals surface area contributed by atoms with Crippen LogP contribution in [-0.4, -0.2) is 31.8 Å². The number of hydrogen-bond acceptors (Lipinski definition) is 11. The van der Waals surface area contributed by atoms with Crippen molar-refractivity contribution in [2.45, 2.75) is 0 Å². The van der Waals surface area contributed by atoms with Gasteiger partial charge < -0.3 is 31.0 Å². The molecule has 0 bridgehead atoms. The van der Waals surface area contributed by atoms with E-state index < -0.39 is 0 Å². The van der Waals surface area contributed by atoms with Crippen LogP contribution in [0, 0.1) is 0 Å². The summed E-state index contributed by atoms with van der Waals surface area (Å²) in [5.74, 6) is 0. The maximum atomic E-state index is 10.9. The van der Waals surface area contributed by atoms with E-state index in [-0.39, 0.29) is 111 Å². The average Bonchev–Trinajstić information content (AvgIpc) is 4.00. The standard InChI is InChI=1S/C23H17NOS.C18H14BrN.C5H4BO3S.CH2O3.2K.H/c25-17-22-15-16-23(26-22)18-11-13-21(14-12-18)24(19-7-3-1-4-8-19)20-9-5-2-6-10-20;19-15-11-13-18(14-12-15)20(16-7-3-1-4-8-16)17-9-5-2-6-10-17;7-3-4-1-2-5(10-4)9-6-8;2-1-4-3;;;/h1-17H;1-14H;1-3,8H;1,3H;;;/q;;;;2*+1;-1/p-1. The Hall–Kier alpha value is -3.33. The molecule has 0 aliphatic rings. The van der Waals surface area contributed by atoms with Crippen molar-refractivity contribution in [2.75, 3.05) is 9.80 Å². The Balaban J connectivity index is 0.000000327. The third-order valence-corrected chi connectivity index (χ3v) is 10.7. The number of para-hydroxylation sites is 4. The summed E-state index contributed by atoms with van der Waals surface area (Å²) in [6.07, 6.45) is 1.63. The molecule has 0 saturated heterocycles. The van der Waals surface area contributed by atoms with Crippen LogP contribution in [0.1, 0.15) is 20.8 Å². The minimum atomic E-state index is -0.181. The van der Waals surface area contributed by atoms with Gasteiger partial charge in [-0.2, -0.15) is 0 Å². The predicted molar refractivity (Wildman–Crippen MR) is 245 cm³/mol. The van der Waals surface area contributed by atoms with Crippen molar-refractivity contribution in [1.29, 1.82) is 0 Å². The SMILES string of the molecule is Brc1ccc(N(c2ccccc2)c2ccccc2)cc1.O=CO[O-].O=Cc1ccc(-c2ccc(N(c3ccccc3)c3ccccc3)cc2)s1.O=Cc1ccc(O[B]O)s1.[H-].[K+].[K+]. The van der Waals surface area contributed by atoms with Crippen LogP contribution in [-0.2, 0) is 9.68 Å². The zero-order valence-electron chi connectivity index (χ0n) is 34.8. The van der Waals surface area contributed by atoms with Gasteiger partial charge in [-0.3, -0.25) is 14.4 Å². The van der Waals surface area contributed by atoms with Gasteiger partial charge in [0.25, 0.3) is 6.47 Å². The van der Waals surface area contributed by atoms with Crippen LogP contribution in [0.15, 0.2) is 199 Å². The number of aldehydes is 2. The Bertz CT molecular complexity index is 2400. The van der Waals surface area contributed by atoms with Crippen LogP contribution in [0.3, 0.4) is 0 Å². The average molecular weight is 975 g/mol. The first-order valence-electron chi connectivity index (χ1n) is 18.1. The molecule has 0 aliphatic carbocycles. The fraction of sp³-hybridized carbons (Fsp3) is 0. The summed E-state index contributed by atoms with van der Waals surface area (Å²) in [4.78, 5) is 39.2. The Morgan fingerprint density at radius 2 is 0.871 bits per heavy atom. The van der Waals surface area contributed by atoms with E-state index >= 15 is 0 Å². The fourth-order valence-corrected chi connectivity index (χ4v) is 7.39. The van der Waals surface area contributed by atoms with Gasteiger partial charge in [-0.25, -0.2) is 0 Å². The number of carbonyl (C=O) groups is 3. The third-order valence-electron chi connectivity index (χ3n) is 8.22. The van der Waals surface area contributed by atoms with E-state index in [1.165, 1.54) is 22.7 Å². The normalized spacial score (nSPS) is 9.47. The fourth-order valence-electron chi connectivity index (χ4n) is 5.65. The van der Waals surface area contributed by atoms with Crippen molar-refractivity contribution >= 4 is 99.5 Å². The molecule has 8 aromatic rings. The van der Waals surface area contributed by atoms with E-state index in [0.29, 0.717) is 17.6 Å². The van der Waals surface area contributed by atoms with Gasteiger partial charge in [0.2, 0.25) is 0 Å². The summed E-state index contributed by atoms with van der Waals surface area (Å²) in [6.45, 7) is -0.181. The largest absolute Gasteiger partial charge is 1.00 e. The molecule has 0 spiro atoms. The van der Waals surface area contributed by atoms with Gasteiger partial charge in [-0.05, 0) is 115 Å². The van der Waals surface area contributed by atoms with Gasteiger partial charge in [-0.1, -0.05) is 112 Å². The molecule has 8 rings (SSSR count). The molecule has 15 heteroatoms. The number of hydrogen-bond donors (Lipinski definition) is 1. The number of halogens is 1. The van der Waals surface area contributed by atoms with Gasteiger partial charge in [0.05, 0.1) is 9.75 Å². The molecule has 62 heavy (non-hydrogen) atoms. The summed E-state index contributed by atoms with van der Waals surface area (Å²) in [6, 6.07) is 65.4. The van der Waals surface area contributed by atoms with E-state index in [4.69, 9.17) is 15.1 Å². The van der Waals surface area contributed by atoms with Crippen molar-refractivity contribution in [3.05, 3.63) is 208 Å². The molecule has 0 fully saturated rings. The predicted octanol–water partition coefficient (Wildman–Crippen LogP) is 5.64. The van der Waals surface area contributed by atoms with Crippen LogP contribution in [0.2, 0.25) is 0 Å². The maximum absolute atomic E-state index is 10.9. The van der Waals surface area contributed by atoms with E-state index in [1.54, 1.807) is 12.1 Å². The maximum Gasteiger partial charge on any atom is 1.00 e. The minimum Gasteiger partial charge on any atom is -1.00 e. The molecule has 1 N–H and O–H groups in total. The molecular weight excluding hydrogens is 938 g/mol. The topological polar surface area (TPSA) is 119 Å². The summed E-state index contributed by atoms with van der Waals surface area (Å²) < 4.78 is 5.66. The Labute approximate surface area is 464 Å². The number of nitrogens with zero attached hydrogens (tertiary/aromatic N) is 2. The molecule has 6 aromatic carbocycles. The number of rotatable bonds is 12. The zero-order valence-corrected chi connectivity index (χ0v) is 43.2. The summed E-state index contributed by atoms with van der Waals surface area (Å²) >= 11 is 6.18. The van der Waals surface area contributed by atoms with Crippen molar-refractivity contribution in [3.8, 4) is 15.5 Å². The molecule has 2 aromatic heterocycles. The second kappa shape index (κ2) is 29.9. The summed E-state index contributed by atoms with van der Waals surface area (Å²) in [5.41, 5.74) is 7.90. The van der Waals surface area contributed by atoms with E-state index in [9.17, 15) is 9.59 Å². The molecule has 0 amide bonds. The Kier molecular flexibility index (Phi) is 25.6. The molecule has 0 atom stereocenters. The van der Waals surface area contributed by atoms with Crippen molar-refractivity contribution in [2.24, 2.45) is 0 Å². The Morgan fingerprint density at radius 1 is 0.516 bits per heavy atom. The first kappa shape index (κ1) is 53.0. The molecule has 9 nitrogen and oxygen atoms in total. The van der Waals surface area contributed by atoms with Crippen molar-refractivity contribution in [1.82, 2.24) is 0 Å². The first-order valence-corrected chi connectivity index (χ1v) is 20.5. The Morgan fingerprint density at radius 3 is 1.21 bits per heavy atom. The van der Waals surface area contributed by atoms with E-state index in [1.807, 2.05) is 60.7 Å². The smallest absolute Gasteiger partial charge is 1.00 e. The van der Waals surface area contributed by atoms with Gasteiger partial charge in [-0.15, -0.1) is 11.3 Å². The molecule has 0 saturated carbocycles. The van der Waals surface area contributed by atoms with Crippen LogP contribution >= 0.6 is 38.6 Å². The van der Waals surface area contributed by atoms with Crippen LogP contribution in [0.4, 0.5) is 34.1 Å². The molecular formula is C47H37BBrK2N2O7S2. The monoisotopic (exact) mass is 973 g/mol. The quantitative estimate of drug-likeness (QED) is 0.0719. The minimum absolute atomic E-state index is 0. The van der Waals surface area contributed by atoms with E-state index in [2.05, 4.69) is 157 Å². The molecule has 301 valence electrons. The number of anilines is 6. The second-order valence-corrected chi connectivity index (χ2v) is 15.2. The molecule has 2 heterocycles. The molecule has 0 aliphatic heterocycles. The number of carbonyl (C=O) groups excluding carboxylic acids is 3. The van der Waals surface area contributed by atoms with Crippen LogP contribution in [0.5, 0.6) is 5.06 Å². The molecule has 1 radical (unpaired) electrons. The summed E-state index contributed by atoms with van der Waals surface area (Å²) in [5, 5.41) is 17.1. The van der Waals surface area contributed by atoms with Gasteiger partial charge in [0, 0.05) is 43.5 Å². The van der Waals surface area contributed by atoms with Gasteiger partial charge >= 0.3 is 110 Å². The van der Waals surface area contributed by atoms with Gasteiger partial charge in [0.1, 0.15) is 0 Å². The van der Waals surface area contributed by atoms with E-state index in [0.717, 1.165) is 66.5 Å². The number of benzene rings is 6. The summed E-state index contributed by atoms with van der Waals surface area (Å²) in [7, 11) is 0.584. The third kappa shape index (κ3) is 16.7.